The molecule has 17 heavy (non-hydrogen) atoms. The van der Waals surface area contributed by atoms with Crippen molar-refractivity contribution in [2.75, 3.05) is 6.61 Å². The minimum absolute atomic E-state index is 0. The van der Waals surface area contributed by atoms with Crippen molar-refractivity contribution in [2.45, 2.75) is 45.4 Å². The molecule has 90 valence electrons. The average Bonchev–Trinajstić information content (AvgIpc) is 2.30. The molecule has 0 atom stereocenters. The van der Waals surface area contributed by atoms with E-state index in [1.807, 2.05) is 0 Å². The monoisotopic (exact) mass is 228 g/mol. The molecule has 0 radical (unpaired) electrons. The molecule has 3 heteroatoms. The van der Waals surface area contributed by atoms with Crippen LogP contribution >= 0.6 is 0 Å². The topological polar surface area (TPSA) is 32.3 Å². The summed E-state index contributed by atoms with van der Waals surface area (Å²) in [6.45, 7) is 2.98. The van der Waals surface area contributed by atoms with E-state index in [0.717, 1.165) is 18.8 Å². The molecule has 0 N–H and O–H groups in total. The van der Waals surface area contributed by atoms with E-state index in [1.165, 1.54) is 44.2 Å². The molecule has 0 saturated carbocycles. The molecule has 1 aromatic rings. The normalized spacial score (nSPS) is 9.71. The van der Waals surface area contributed by atoms with Crippen LogP contribution < -0.4 is 28.7 Å². The first-order valence-corrected chi connectivity index (χ1v) is 6.23. The summed E-state index contributed by atoms with van der Waals surface area (Å²) in [5.41, 5.74) is 0. The van der Waals surface area contributed by atoms with Gasteiger partial charge in [-0.05, 0) is 18.6 Å². The van der Waals surface area contributed by atoms with Gasteiger partial charge >= 0.3 is 18.9 Å². The van der Waals surface area contributed by atoms with Gasteiger partial charge in [0.15, 0.2) is 0 Å². The van der Waals surface area contributed by atoms with Crippen molar-refractivity contribution in [3.8, 4) is 11.5 Å². The van der Waals surface area contributed by atoms with Gasteiger partial charge in [0.2, 0.25) is 0 Å². The average molecular weight is 228 g/mol. The van der Waals surface area contributed by atoms with Crippen molar-refractivity contribution in [1.82, 2.24) is 0 Å². The van der Waals surface area contributed by atoms with E-state index in [2.05, 4.69) is 6.92 Å². The van der Waals surface area contributed by atoms with E-state index >= 15 is 0 Å². The summed E-state index contributed by atoms with van der Waals surface area (Å²) in [4.78, 5) is 0. The molecule has 0 aliphatic heterocycles. The molecule has 0 aliphatic rings. The van der Waals surface area contributed by atoms with Crippen LogP contribution in [0, 0.1) is 0 Å². The molecule has 0 unspecified atom stereocenters. The van der Waals surface area contributed by atoms with Crippen LogP contribution in [0.1, 0.15) is 45.4 Å². The fourth-order valence-corrected chi connectivity index (χ4v) is 1.61. The minimum atomic E-state index is 0. The Morgan fingerprint density at radius 3 is 2.18 bits per heavy atom. The Bertz CT molecular complexity index is 272. The van der Waals surface area contributed by atoms with E-state index < -0.39 is 0 Å². The molecule has 1 aromatic carbocycles. The molecule has 0 aromatic heterocycles. The van der Waals surface area contributed by atoms with Gasteiger partial charge in [-0.15, -0.1) is 5.75 Å². The van der Waals surface area contributed by atoms with Crippen molar-refractivity contribution in [1.29, 1.82) is 0 Å². The van der Waals surface area contributed by atoms with Gasteiger partial charge in [0.25, 0.3) is 0 Å². The Morgan fingerprint density at radius 1 is 0.941 bits per heavy atom. The Balaban J connectivity index is 0.00000256. The Kier molecular flexibility index (Phi) is 10.2. The first kappa shape index (κ1) is 16.4. The third-order valence-electron chi connectivity index (χ3n) is 2.59. The fraction of sp³-hybridized carbons (Fsp3) is 0.571. The van der Waals surface area contributed by atoms with E-state index in [0.29, 0.717) is 0 Å². The quantitative estimate of drug-likeness (QED) is 0.479. The zero-order valence-electron chi connectivity index (χ0n) is 11.1. The third-order valence-corrected chi connectivity index (χ3v) is 2.59. The molecular formula is C14H21LiO2. The van der Waals surface area contributed by atoms with Gasteiger partial charge in [0.05, 0.1) is 6.61 Å². The molecule has 2 nitrogen and oxygen atoms in total. The number of unbranched alkanes of at least 4 members (excludes halogenated alkanes) is 5. The maximum absolute atomic E-state index is 10.8. The maximum Gasteiger partial charge on any atom is 1.00 e. The zero-order valence-corrected chi connectivity index (χ0v) is 11.1. The first-order chi connectivity index (χ1) is 7.83. The van der Waals surface area contributed by atoms with E-state index in [1.54, 1.807) is 12.1 Å². The number of hydrogen-bond donors (Lipinski definition) is 0. The largest absolute Gasteiger partial charge is 1.00 e. The third kappa shape index (κ3) is 8.18. The van der Waals surface area contributed by atoms with Crippen molar-refractivity contribution in [3.63, 3.8) is 0 Å². The standard InChI is InChI=1S/C14H22O2.Li/c1-2-3-4-5-6-7-12-16-14-10-8-13(15)9-11-14;/h8-11,15H,2-7,12H2,1H3;/q;+1/p-1. The molecule has 0 fully saturated rings. The summed E-state index contributed by atoms with van der Waals surface area (Å²) in [5, 5.41) is 10.8. The summed E-state index contributed by atoms with van der Waals surface area (Å²) in [6, 6.07) is 6.55. The second kappa shape index (κ2) is 10.6. The van der Waals surface area contributed by atoms with Crippen LogP contribution in [0.15, 0.2) is 24.3 Å². The number of hydrogen-bond acceptors (Lipinski definition) is 2. The second-order valence-electron chi connectivity index (χ2n) is 4.09. The van der Waals surface area contributed by atoms with Crippen LogP contribution in [-0.4, -0.2) is 6.61 Å². The molecule has 0 aliphatic carbocycles. The predicted octanol–water partition coefficient (Wildman–Crippen LogP) is 0.503. The van der Waals surface area contributed by atoms with Crippen LogP contribution in [0.25, 0.3) is 0 Å². The number of rotatable bonds is 8. The summed E-state index contributed by atoms with van der Waals surface area (Å²) in [5.74, 6) is 0.833. The van der Waals surface area contributed by atoms with Crippen LogP contribution in [0.3, 0.4) is 0 Å². The molecule has 1 rings (SSSR count). The van der Waals surface area contributed by atoms with Gasteiger partial charge in [-0.1, -0.05) is 51.2 Å². The smallest absolute Gasteiger partial charge is 0.872 e. The summed E-state index contributed by atoms with van der Waals surface area (Å²) in [6.07, 6.45) is 7.60. The first-order valence-electron chi connectivity index (χ1n) is 6.23. The molecular weight excluding hydrogens is 207 g/mol. The molecule has 0 bridgehead atoms. The van der Waals surface area contributed by atoms with Crippen molar-refractivity contribution >= 4 is 0 Å². The van der Waals surface area contributed by atoms with Crippen molar-refractivity contribution < 1.29 is 28.7 Å². The van der Waals surface area contributed by atoms with E-state index in [4.69, 9.17) is 4.74 Å². The van der Waals surface area contributed by atoms with Gasteiger partial charge in [-0.25, -0.2) is 0 Å². The van der Waals surface area contributed by atoms with Gasteiger partial charge in [-0.3, -0.25) is 0 Å². The summed E-state index contributed by atoms with van der Waals surface area (Å²) in [7, 11) is 0. The van der Waals surface area contributed by atoms with Crippen molar-refractivity contribution in [2.24, 2.45) is 0 Å². The number of ether oxygens (including phenoxy) is 1. The minimum Gasteiger partial charge on any atom is -0.872 e. The van der Waals surface area contributed by atoms with Crippen LogP contribution in [0.4, 0.5) is 0 Å². The predicted molar refractivity (Wildman–Crippen MR) is 64.8 cm³/mol. The Morgan fingerprint density at radius 2 is 1.53 bits per heavy atom. The molecule has 0 amide bonds. The molecule has 0 spiro atoms. The van der Waals surface area contributed by atoms with Crippen molar-refractivity contribution in [3.05, 3.63) is 24.3 Å². The molecule has 0 saturated heterocycles. The van der Waals surface area contributed by atoms with Gasteiger partial charge in [0, 0.05) is 0 Å². The second-order valence-corrected chi connectivity index (χ2v) is 4.09. The van der Waals surface area contributed by atoms with Gasteiger partial charge in [-0.2, -0.15) is 0 Å². The van der Waals surface area contributed by atoms with Crippen LogP contribution in [0.2, 0.25) is 0 Å². The zero-order chi connectivity index (χ0) is 11.6. The van der Waals surface area contributed by atoms with E-state index in [-0.39, 0.29) is 24.6 Å². The van der Waals surface area contributed by atoms with Crippen LogP contribution in [0.5, 0.6) is 11.5 Å². The molecule has 0 heterocycles. The van der Waals surface area contributed by atoms with E-state index in [9.17, 15) is 5.11 Å². The van der Waals surface area contributed by atoms with Gasteiger partial charge in [0.1, 0.15) is 5.75 Å². The van der Waals surface area contributed by atoms with Gasteiger partial charge < -0.3 is 9.84 Å². The van der Waals surface area contributed by atoms with Crippen LogP contribution in [-0.2, 0) is 0 Å². The SMILES string of the molecule is CCCCCCCCOc1ccc([O-])cc1.[Li+]. The summed E-state index contributed by atoms with van der Waals surface area (Å²) >= 11 is 0. The fourth-order valence-electron chi connectivity index (χ4n) is 1.61. The maximum atomic E-state index is 10.8. The Hall–Kier alpha value is -0.583. The summed E-state index contributed by atoms with van der Waals surface area (Å²) < 4.78 is 5.53. The Labute approximate surface area is 117 Å². The number of benzene rings is 1.